The largest absolute Gasteiger partial charge is 0.452 e. The summed E-state index contributed by atoms with van der Waals surface area (Å²) in [6.07, 6.45) is 3.71. The molecule has 1 atom stereocenters. The zero-order chi connectivity index (χ0) is 28.4. The zero-order valence-corrected chi connectivity index (χ0v) is 23.5. The van der Waals surface area contributed by atoms with E-state index in [1.807, 2.05) is 35.7 Å². The first-order chi connectivity index (χ1) is 19.1. The van der Waals surface area contributed by atoms with Crippen LogP contribution < -0.4 is 11.1 Å². The van der Waals surface area contributed by atoms with Gasteiger partial charge in [0.05, 0.1) is 16.8 Å². The number of nitrogens with zero attached hydrogens (tertiary/aromatic N) is 1. The molecule has 0 spiro atoms. The molecule has 7 nitrogen and oxygen atoms in total. The topological polar surface area (TPSA) is 111 Å². The van der Waals surface area contributed by atoms with Crippen LogP contribution in [0.5, 0.6) is 0 Å². The Kier molecular flexibility index (Phi) is 7.54. The van der Waals surface area contributed by atoms with Crippen molar-refractivity contribution >= 4 is 57.4 Å². The number of ether oxygens (including phenoxy) is 1. The first kappa shape index (κ1) is 27.3. The molecule has 8 heteroatoms. The van der Waals surface area contributed by atoms with E-state index in [0.29, 0.717) is 34.1 Å². The summed E-state index contributed by atoms with van der Waals surface area (Å²) in [5, 5.41) is 5.44. The van der Waals surface area contributed by atoms with Crippen molar-refractivity contribution in [2.45, 2.75) is 33.6 Å². The van der Waals surface area contributed by atoms with E-state index >= 15 is 0 Å². The number of pyridine rings is 1. The minimum Gasteiger partial charge on any atom is -0.452 e. The van der Waals surface area contributed by atoms with Gasteiger partial charge >= 0.3 is 5.97 Å². The number of allylic oxidation sites excluding steroid dienone is 1. The highest BCUT2D eigenvalue weighted by atomic mass is 32.1. The molecular formula is C32H31N3O4S. The van der Waals surface area contributed by atoms with Crippen LogP contribution in [0.15, 0.2) is 66.0 Å². The average Bonchev–Trinajstić information content (AvgIpc) is 3.43. The van der Waals surface area contributed by atoms with E-state index < -0.39 is 24.4 Å². The highest BCUT2D eigenvalue weighted by molar-refractivity contribution is 7.10. The fourth-order valence-electron chi connectivity index (χ4n) is 5.03. The predicted molar refractivity (Wildman–Crippen MR) is 159 cm³/mol. The fourth-order valence-corrected chi connectivity index (χ4v) is 5.71. The van der Waals surface area contributed by atoms with Crippen molar-refractivity contribution in [2.75, 3.05) is 11.9 Å². The van der Waals surface area contributed by atoms with E-state index in [4.69, 9.17) is 15.5 Å². The lowest BCUT2D eigenvalue weighted by Crippen LogP contribution is -2.29. The Bertz CT molecular complexity index is 1620. The molecule has 204 valence electrons. The number of amides is 2. The number of nitrogens with two attached hydrogens (primary N) is 1. The standard InChI is InChI=1S/C32H31N3O4S/c1-32(2,3)21-15-20(16-23-7-6-14-40-23)29-25(17-21)28(24-8-4-5-9-26(24)35-29)31(38)39-18-27(36)34-22-12-10-19(11-13-22)30(33)37/h4-14,16,21H,15,17-18H2,1-3H3,(H2,33,37)(H,34,36)/b20-16-/t21-/m0/s1. The number of carbonyl (C=O) groups excluding carboxylic acids is 3. The monoisotopic (exact) mass is 553 g/mol. The van der Waals surface area contributed by atoms with Gasteiger partial charge in [0.25, 0.3) is 5.91 Å². The Morgan fingerprint density at radius 1 is 1.05 bits per heavy atom. The van der Waals surface area contributed by atoms with Crippen molar-refractivity contribution < 1.29 is 19.1 Å². The number of hydrogen-bond acceptors (Lipinski definition) is 6. The van der Waals surface area contributed by atoms with E-state index in [-0.39, 0.29) is 11.3 Å². The molecular weight excluding hydrogens is 522 g/mol. The number of para-hydroxylation sites is 1. The number of esters is 1. The van der Waals surface area contributed by atoms with Gasteiger partial charge < -0.3 is 15.8 Å². The summed E-state index contributed by atoms with van der Waals surface area (Å²) in [6, 6.07) is 17.8. The van der Waals surface area contributed by atoms with Crippen molar-refractivity contribution in [3.63, 3.8) is 0 Å². The van der Waals surface area contributed by atoms with Crippen molar-refractivity contribution in [3.8, 4) is 0 Å². The minimum absolute atomic E-state index is 0.00297. The van der Waals surface area contributed by atoms with Crippen LogP contribution in [0.4, 0.5) is 5.69 Å². The normalized spacial score (nSPS) is 16.0. The second kappa shape index (κ2) is 11.1. The van der Waals surface area contributed by atoms with Crippen molar-refractivity contribution in [2.24, 2.45) is 17.1 Å². The highest BCUT2D eigenvalue weighted by Crippen LogP contribution is 2.45. The number of primary amides is 1. The van der Waals surface area contributed by atoms with E-state index in [2.05, 4.69) is 38.2 Å². The maximum absolute atomic E-state index is 13.7. The zero-order valence-electron chi connectivity index (χ0n) is 22.7. The van der Waals surface area contributed by atoms with E-state index in [1.165, 1.54) is 12.1 Å². The summed E-state index contributed by atoms with van der Waals surface area (Å²) in [5.74, 6) is -1.31. The maximum atomic E-state index is 13.7. The molecule has 1 aliphatic carbocycles. The van der Waals surface area contributed by atoms with Crippen LogP contribution in [0, 0.1) is 11.3 Å². The number of thiophene rings is 1. The second-order valence-electron chi connectivity index (χ2n) is 11.1. The number of rotatable bonds is 6. The van der Waals surface area contributed by atoms with Gasteiger partial charge in [0.1, 0.15) is 0 Å². The third-order valence-corrected chi connectivity index (χ3v) is 8.11. The first-order valence-corrected chi connectivity index (χ1v) is 14.0. The van der Waals surface area contributed by atoms with E-state index in [0.717, 1.165) is 28.1 Å². The molecule has 3 N–H and O–H groups in total. The summed E-state index contributed by atoms with van der Waals surface area (Å²) in [7, 11) is 0. The summed E-state index contributed by atoms with van der Waals surface area (Å²) in [6.45, 7) is 6.21. The SMILES string of the molecule is CC(C)(C)[C@H]1C/C(=C/c2cccs2)c2nc3ccccc3c(C(=O)OCC(=O)Nc3ccc(C(N)=O)cc3)c2C1. The fraction of sp³-hybridized carbons (Fsp3) is 0.250. The molecule has 0 aliphatic heterocycles. The van der Waals surface area contributed by atoms with Crippen LogP contribution in [0.2, 0.25) is 0 Å². The van der Waals surface area contributed by atoms with Crippen molar-refractivity contribution in [1.29, 1.82) is 0 Å². The Balaban J connectivity index is 1.48. The number of anilines is 1. The van der Waals surface area contributed by atoms with Gasteiger partial charge in [-0.25, -0.2) is 9.78 Å². The number of benzene rings is 2. The number of aromatic nitrogens is 1. The first-order valence-electron chi connectivity index (χ1n) is 13.1. The molecule has 5 rings (SSSR count). The predicted octanol–water partition coefficient (Wildman–Crippen LogP) is 6.34. The van der Waals surface area contributed by atoms with Gasteiger partial charge in [-0.2, -0.15) is 0 Å². The van der Waals surface area contributed by atoms with Gasteiger partial charge in [-0.1, -0.05) is 45.0 Å². The van der Waals surface area contributed by atoms with Crippen molar-refractivity contribution in [1.82, 2.24) is 4.98 Å². The van der Waals surface area contributed by atoms with Gasteiger partial charge in [0.2, 0.25) is 5.91 Å². The Morgan fingerprint density at radius 3 is 2.48 bits per heavy atom. The lowest BCUT2D eigenvalue weighted by atomic mass is 9.69. The van der Waals surface area contributed by atoms with Crippen LogP contribution in [-0.2, 0) is 16.0 Å². The molecule has 2 heterocycles. The Morgan fingerprint density at radius 2 is 1.80 bits per heavy atom. The number of carbonyl (C=O) groups is 3. The lowest BCUT2D eigenvalue weighted by molar-refractivity contribution is -0.119. The smallest absolute Gasteiger partial charge is 0.339 e. The molecule has 4 aromatic rings. The van der Waals surface area contributed by atoms with Crippen LogP contribution in [0.3, 0.4) is 0 Å². The summed E-state index contributed by atoms with van der Waals surface area (Å²) < 4.78 is 5.59. The minimum atomic E-state index is -0.556. The van der Waals surface area contributed by atoms with Crippen LogP contribution in [-0.4, -0.2) is 29.4 Å². The molecule has 0 fully saturated rings. The molecule has 0 saturated carbocycles. The van der Waals surface area contributed by atoms with Crippen LogP contribution >= 0.6 is 11.3 Å². The highest BCUT2D eigenvalue weighted by Gasteiger charge is 2.35. The van der Waals surface area contributed by atoms with Gasteiger partial charge in [-0.15, -0.1) is 11.3 Å². The van der Waals surface area contributed by atoms with Crippen LogP contribution in [0.1, 0.15) is 64.0 Å². The number of nitrogens with one attached hydrogen (secondary N) is 1. The third-order valence-electron chi connectivity index (χ3n) is 7.29. The van der Waals surface area contributed by atoms with E-state index in [9.17, 15) is 14.4 Å². The van der Waals surface area contributed by atoms with E-state index in [1.54, 1.807) is 23.5 Å². The van der Waals surface area contributed by atoms with Gasteiger partial charge in [-0.3, -0.25) is 9.59 Å². The van der Waals surface area contributed by atoms with Gasteiger partial charge in [-0.05, 0) is 83.2 Å². The molecule has 0 unspecified atom stereocenters. The molecule has 0 bridgehead atoms. The summed E-state index contributed by atoms with van der Waals surface area (Å²) in [5.41, 5.74) is 10.0. The molecule has 2 aromatic carbocycles. The molecule has 0 saturated heterocycles. The molecule has 2 aromatic heterocycles. The average molecular weight is 554 g/mol. The summed E-state index contributed by atoms with van der Waals surface area (Å²) >= 11 is 1.67. The molecule has 2 amide bonds. The second-order valence-corrected chi connectivity index (χ2v) is 12.0. The third kappa shape index (κ3) is 5.82. The molecule has 0 radical (unpaired) electrons. The quantitative estimate of drug-likeness (QED) is 0.271. The Labute approximate surface area is 237 Å². The molecule has 1 aliphatic rings. The van der Waals surface area contributed by atoms with Gasteiger partial charge in [0, 0.05) is 21.5 Å². The number of hydrogen-bond donors (Lipinski definition) is 2. The summed E-state index contributed by atoms with van der Waals surface area (Å²) in [4.78, 5) is 43.8. The Hall–Kier alpha value is -4.30. The number of fused-ring (bicyclic) bond motifs is 2. The van der Waals surface area contributed by atoms with Gasteiger partial charge in [0.15, 0.2) is 6.61 Å². The van der Waals surface area contributed by atoms with Crippen LogP contribution in [0.25, 0.3) is 22.6 Å². The lowest BCUT2D eigenvalue weighted by Gasteiger charge is -2.36. The van der Waals surface area contributed by atoms with Crippen molar-refractivity contribution in [3.05, 3.63) is 93.3 Å². The molecule has 40 heavy (non-hydrogen) atoms. The maximum Gasteiger partial charge on any atom is 0.339 e.